The Hall–Kier alpha value is -1.25. The van der Waals surface area contributed by atoms with Crippen LogP contribution in [0.15, 0.2) is 10.9 Å². The van der Waals surface area contributed by atoms with E-state index in [0.29, 0.717) is 23.5 Å². The summed E-state index contributed by atoms with van der Waals surface area (Å²) in [6.07, 6.45) is 5.41. The van der Waals surface area contributed by atoms with E-state index >= 15 is 0 Å². The zero-order valence-electron chi connectivity index (χ0n) is 13.5. The van der Waals surface area contributed by atoms with E-state index < -0.39 is 9.84 Å². The largest absolute Gasteiger partial charge is 0.317 e. The Labute approximate surface area is 144 Å². The van der Waals surface area contributed by atoms with Crippen LogP contribution in [0, 0.1) is 0 Å². The van der Waals surface area contributed by atoms with Gasteiger partial charge in [-0.3, -0.25) is 9.20 Å². The van der Waals surface area contributed by atoms with Gasteiger partial charge in [0.15, 0.2) is 14.8 Å². The molecule has 6 nitrogen and oxygen atoms in total. The Balaban J connectivity index is 1.69. The van der Waals surface area contributed by atoms with Crippen molar-refractivity contribution in [2.45, 2.75) is 49.5 Å². The quantitative estimate of drug-likeness (QED) is 0.884. The number of fused-ring (bicyclic) bond motifs is 3. The van der Waals surface area contributed by atoms with Crippen molar-refractivity contribution in [1.29, 1.82) is 0 Å². The average Bonchev–Trinajstić information content (AvgIpc) is 2.94. The molecule has 0 atom stereocenters. The first kappa shape index (κ1) is 16.2. The summed E-state index contributed by atoms with van der Waals surface area (Å²) in [7, 11) is -3.27. The molecule has 4 rings (SSSR count). The summed E-state index contributed by atoms with van der Waals surface area (Å²) in [6, 6.07) is 1.41. The van der Waals surface area contributed by atoms with Gasteiger partial charge in [0.1, 0.15) is 0 Å². The lowest BCUT2D eigenvalue weighted by Crippen LogP contribution is -2.36. The number of hydrogen-bond donors (Lipinski definition) is 1. The third-order valence-corrected chi connectivity index (χ3v) is 8.29. The Morgan fingerprint density at radius 1 is 1.25 bits per heavy atom. The zero-order chi connectivity index (χ0) is 16.7. The number of nitrogens with zero attached hydrogens (tertiary/aromatic N) is 2. The summed E-state index contributed by atoms with van der Waals surface area (Å²) in [6.45, 7) is 1.47. The smallest absolute Gasteiger partial charge is 0.259 e. The monoisotopic (exact) mass is 367 g/mol. The molecule has 0 unspecified atom stereocenters. The standard InChI is InChI=1S/C16H21N3O3S2/c20-15-9-11(10-24(21,22)12-5-7-17-8-6-12)18-16-19(15)13-3-1-2-4-14(13)23-16/h9,12,17H,1-8,10H2. The molecule has 2 aromatic rings. The van der Waals surface area contributed by atoms with Crippen LogP contribution in [0.1, 0.15) is 41.9 Å². The minimum Gasteiger partial charge on any atom is -0.317 e. The lowest BCUT2D eigenvalue weighted by atomic mass is 10.0. The van der Waals surface area contributed by atoms with Crippen molar-refractivity contribution in [3.05, 3.63) is 32.7 Å². The molecule has 0 amide bonds. The van der Waals surface area contributed by atoms with Crippen LogP contribution in [0.25, 0.3) is 4.96 Å². The third kappa shape index (κ3) is 2.91. The summed E-state index contributed by atoms with van der Waals surface area (Å²) >= 11 is 1.54. The molecule has 1 aliphatic carbocycles. The van der Waals surface area contributed by atoms with Crippen molar-refractivity contribution in [1.82, 2.24) is 14.7 Å². The maximum Gasteiger partial charge on any atom is 0.259 e. The van der Waals surface area contributed by atoms with Crippen molar-refractivity contribution in [2.75, 3.05) is 13.1 Å². The van der Waals surface area contributed by atoms with E-state index in [0.717, 1.165) is 44.5 Å². The average molecular weight is 367 g/mol. The van der Waals surface area contributed by atoms with E-state index in [1.807, 2.05) is 0 Å². The van der Waals surface area contributed by atoms with Gasteiger partial charge in [-0.1, -0.05) is 0 Å². The zero-order valence-corrected chi connectivity index (χ0v) is 15.1. The molecule has 8 heteroatoms. The number of piperidine rings is 1. The van der Waals surface area contributed by atoms with Crippen molar-refractivity contribution in [3.8, 4) is 0 Å². The Morgan fingerprint density at radius 2 is 2.00 bits per heavy atom. The SMILES string of the molecule is O=c1cc(CS(=O)(=O)C2CCNCC2)nc2sc3c(n12)CCCC3. The van der Waals surface area contributed by atoms with Gasteiger partial charge in [-0.05, 0) is 51.6 Å². The molecule has 130 valence electrons. The highest BCUT2D eigenvalue weighted by Gasteiger charge is 2.28. The lowest BCUT2D eigenvalue weighted by molar-refractivity contribution is 0.495. The van der Waals surface area contributed by atoms with Gasteiger partial charge in [0, 0.05) is 16.6 Å². The maximum absolute atomic E-state index is 12.6. The van der Waals surface area contributed by atoms with E-state index in [9.17, 15) is 13.2 Å². The Kier molecular flexibility index (Phi) is 4.22. The summed E-state index contributed by atoms with van der Waals surface area (Å²) < 4.78 is 26.9. The van der Waals surface area contributed by atoms with Crippen molar-refractivity contribution >= 4 is 26.1 Å². The summed E-state index contributed by atoms with van der Waals surface area (Å²) in [5, 5.41) is 2.86. The molecule has 2 aromatic heterocycles. The minimum absolute atomic E-state index is 0.133. The second-order valence-corrected chi connectivity index (χ2v) is 9.98. The highest BCUT2D eigenvalue weighted by Crippen LogP contribution is 2.28. The number of aryl methyl sites for hydroxylation is 2. The summed E-state index contributed by atoms with van der Waals surface area (Å²) in [4.78, 5) is 18.9. The highest BCUT2D eigenvalue weighted by atomic mass is 32.2. The molecule has 3 heterocycles. The number of thiazole rings is 1. The molecule has 0 spiro atoms. The van der Waals surface area contributed by atoms with Gasteiger partial charge < -0.3 is 5.32 Å². The van der Waals surface area contributed by atoms with Crippen LogP contribution < -0.4 is 10.9 Å². The van der Waals surface area contributed by atoms with Gasteiger partial charge >= 0.3 is 0 Å². The van der Waals surface area contributed by atoms with E-state index in [-0.39, 0.29) is 16.6 Å². The fraction of sp³-hybridized carbons (Fsp3) is 0.625. The highest BCUT2D eigenvalue weighted by molar-refractivity contribution is 7.91. The van der Waals surface area contributed by atoms with Gasteiger partial charge in [0.25, 0.3) is 5.56 Å². The Morgan fingerprint density at radius 3 is 2.79 bits per heavy atom. The van der Waals surface area contributed by atoms with E-state index in [2.05, 4.69) is 10.3 Å². The number of sulfone groups is 1. The van der Waals surface area contributed by atoms with Crippen LogP contribution in [0.3, 0.4) is 0 Å². The van der Waals surface area contributed by atoms with Crippen LogP contribution in [0.2, 0.25) is 0 Å². The fourth-order valence-electron chi connectivity index (χ4n) is 3.69. The van der Waals surface area contributed by atoms with Crippen molar-refractivity contribution in [2.24, 2.45) is 0 Å². The fourth-order valence-corrected chi connectivity index (χ4v) is 6.68. The molecule has 0 bridgehead atoms. The Bertz CT molecular complexity index is 924. The second-order valence-electron chi connectivity index (χ2n) is 6.64. The van der Waals surface area contributed by atoms with Crippen LogP contribution in [-0.2, 0) is 28.4 Å². The van der Waals surface area contributed by atoms with Crippen LogP contribution in [0.5, 0.6) is 0 Å². The predicted octanol–water partition coefficient (Wildman–Crippen LogP) is 1.30. The van der Waals surface area contributed by atoms with E-state index in [1.165, 1.54) is 22.3 Å². The van der Waals surface area contributed by atoms with Gasteiger partial charge in [0.05, 0.1) is 16.7 Å². The predicted molar refractivity (Wildman–Crippen MR) is 94.5 cm³/mol. The molecular formula is C16H21N3O3S2. The first-order valence-electron chi connectivity index (χ1n) is 8.50. The molecule has 0 saturated carbocycles. The first-order valence-corrected chi connectivity index (χ1v) is 11.0. The molecule has 2 aliphatic rings. The number of hydrogen-bond acceptors (Lipinski definition) is 6. The molecule has 24 heavy (non-hydrogen) atoms. The molecule has 0 radical (unpaired) electrons. The molecule has 0 aromatic carbocycles. The topological polar surface area (TPSA) is 80.5 Å². The molecule has 1 aliphatic heterocycles. The van der Waals surface area contributed by atoms with Gasteiger partial charge in [-0.15, -0.1) is 11.3 Å². The number of nitrogens with one attached hydrogen (secondary N) is 1. The van der Waals surface area contributed by atoms with Crippen LogP contribution in [-0.4, -0.2) is 36.1 Å². The lowest BCUT2D eigenvalue weighted by Gasteiger charge is -2.22. The summed E-state index contributed by atoms with van der Waals surface area (Å²) in [5.41, 5.74) is 1.32. The molecule has 1 N–H and O–H groups in total. The third-order valence-electron chi connectivity index (χ3n) is 4.96. The number of rotatable bonds is 3. The van der Waals surface area contributed by atoms with Crippen LogP contribution in [0.4, 0.5) is 0 Å². The molecular weight excluding hydrogens is 346 g/mol. The minimum atomic E-state index is -3.27. The van der Waals surface area contributed by atoms with Crippen LogP contribution >= 0.6 is 11.3 Å². The molecule has 1 fully saturated rings. The molecule has 1 saturated heterocycles. The summed E-state index contributed by atoms with van der Waals surface area (Å²) in [5.74, 6) is -0.133. The van der Waals surface area contributed by atoms with E-state index in [1.54, 1.807) is 4.40 Å². The second kappa shape index (κ2) is 6.24. The number of aromatic nitrogens is 2. The van der Waals surface area contributed by atoms with Gasteiger partial charge in [-0.2, -0.15) is 0 Å². The van der Waals surface area contributed by atoms with Crippen molar-refractivity contribution < 1.29 is 8.42 Å². The van der Waals surface area contributed by atoms with E-state index in [4.69, 9.17) is 0 Å². The maximum atomic E-state index is 12.6. The normalized spacial score (nSPS) is 19.5. The first-order chi connectivity index (χ1) is 11.5. The van der Waals surface area contributed by atoms with Gasteiger partial charge in [0.2, 0.25) is 0 Å². The van der Waals surface area contributed by atoms with Gasteiger partial charge in [-0.25, -0.2) is 13.4 Å². The van der Waals surface area contributed by atoms with Crippen molar-refractivity contribution in [3.63, 3.8) is 0 Å².